The molecule has 6 heteroatoms. The number of carbonyl (C=O) groups is 1. The summed E-state index contributed by atoms with van der Waals surface area (Å²) in [5, 5.41) is 9.19. The lowest BCUT2D eigenvalue weighted by Gasteiger charge is -2.15. The first-order valence-electron chi connectivity index (χ1n) is 6.63. The van der Waals surface area contributed by atoms with Crippen LogP contribution in [0.15, 0.2) is 53.4 Å². The number of thioether (sulfide) groups is 1. The Hall–Kier alpha value is -2.49. The molecule has 1 aliphatic rings. The van der Waals surface area contributed by atoms with Gasteiger partial charge in [0, 0.05) is 0 Å². The third-order valence-corrected chi connectivity index (χ3v) is 4.53. The number of amides is 1. The quantitative estimate of drug-likeness (QED) is 0.610. The second-order valence-corrected chi connectivity index (χ2v) is 6.37. The summed E-state index contributed by atoms with van der Waals surface area (Å²) in [5.74, 6) is -0.621. The lowest BCUT2D eigenvalue weighted by atomic mass is 10.1. The number of hydrogen-bond donors (Lipinski definition) is 0. The van der Waals surface area contributed by atoms with Crippen molar-refractivity contribution in [2.45, 2.75) is 0 Å². The van der Waals surface area contributed by atoms with Crippen molar-refractivity contribution in [1.82, 2.24) is 0 Å². The third-order valence-electron chi connectivity index (χ3n) is 3.23. The van der Waals surface area contributed by atoms with E-state index in [0.29, 0.717) is 26.0 Å². The van der Waals surface area contributed by atoms with E-state index in [2.05, 4.69) is 6.07 Å². The molecule has 1 saturated heterocycles. The van der Waals surface area contributed by atoms with Gasteiger partial charge in [0.25, 0.3) is 5.91 Å². The van der Waals surface area contributed by atoms with Crippen LogP contribution in [0.25, 0.3) is 6.08 Å². The Balaban J connectivity index is 1.97. The van der Waals surface area contributed by atoms with Crippen molar-refractivity contribution in [3.8, 4) is 6.07 Å². The first-order chi connectivity index (χ1) is 11.1. The number of nitriles is 1. The Labute approximate surface area is 142 Å². The van der Waals surface area contributed by atoms with Crippen LogP contribution in [0.5, 0.6) is 0 Å². The number of nitrogens with zero attached hydrogens (tertiary/aromatic N) is 2. The van der Waals surface area contributed by atoms with Crippen LogP contribution in [0.1, 0.15) is 11.1 Å². The summed E-state index contributed by atoms with van der Waals surface area (Å²) in [6, 6.07) is 14.7. The summed E-state index contributed by atoms with van der Waals surface area (Å²) in [6.45, 7) is 0. The molecule has 1 heterocycles. The number of benzene rings is 2. The molecule has 0 spiro atoms. The molecule has 2 aromatic carbocycles. The highest BCUT2D eigenvalue weighted by Gasteiger charge is 2.34. The van der Waals surface area contributed by atoms with E-state index in [0.717, 1.165) is 11.8 Å². The zero-order valence-electron chi connectivity index (χ0n) is 11.7. The van der Waals surface area contributed by atoms with Crippen molar-refractivity contribution in [3.05, 3.63) is 70.4 Å². The molecular weight excluding hydrogens is 331 g/mol. The molecule has 0 saturated carbocycles. The van der Waals surface area contributed by atoms with Gasteiger partial charge in [-0.1, -0.05) is 48.2 Å². The zero-order valence-corrected chi connectivity index (χ0v) is 13.3. The van der Waals surface area contributed by atoms with Crippen LogP contribution in [-0.2, 0) is 4.79 Å². The van der Waals surface area contributed by atoms with Crippen molar-refractivity contribution in [3.63, 3.8) is 0 Å². The van der Waals surface area contributed by atoms with E-state index in [-0.39, 0.29) is 11.7 Å². The SMILES string of the molecule is N#Cc1ccccc1N1C(=O)/C(=C/c2ccc(F)cc2)SC1=S. The van der Waals surface area contributed by atoms with E-state index in [1.165, 1.54) is 17.0 Å². The minimum Gasteiger partial charge on any atom is -0.268 e. The highest BCUT2D eigenvalue weighted by atomic mass is 32.2. The summed E-state index contributed by atoms with van der Waals surface area (Å²) in [5.41, 5.74) is 1.56. The molecule has 1 aliphatic heterocycles. The van der Waals surface area contributed by atoms with Gasteiger partial charge in [0.05, 0.1) is 16.2 Å². The van der Waals surface area contributed by atoms with Gasteiger partial charge in [-0.3, -0.25) is 9.69 Å². The van der Waals surface area contributed by atoms with E-state index in [4.69, 9.17) is 12.2 Å². The Bertz CT molecular complexity index is 869. The Morgan fingerprint density at radius 3 is 2.57 bits per heavy atom. The molecule has 0 atom stereocenters. The van der Waals surface area contributed by atoms with Crippen molar-refractivity contribution >= 4 is 46.0 Å². The maximum atomic E-state index is 13.0. The van der Waals surface area contributed by atoms with Crippen LogP contribution < -0.4 is 4.90 Å². The molecule has 1 amide bonds. The number of para-hydroxylation sites is 1. The van der Waals surface area contributed by atoms with Crippen molar-refractivity contribution in [1.29, 1.82) is 5.26 Å². The predicted molar refractivity (Wildman–Crippen MR) is 93.2 cm³/mol. The fourth-order valence-corrected chi connectivity index (χ4v) is 3.43. The lowest BCUT2D eigenvalue weighted by molar-refractivity contribution is -0.113. The summed E-state index contributed by atoms with van der Waals surface area (Å²) >= 11 is 6.44. The second-order valence-electron chi connectivity index (χ2n) is 4.70. The summed E-state index contributed by atoms with van der Waals surface area (Å²) in [7, 11) is 0. The van der Waals surface area contributed by atoms with Crippen LogP contribution in [-0.4, -0.2) is 10.2 Å². The van der Waals surface area contributed by atoms with E-state index >= 15 is 0 Å². The first-order valence-corrected chi connectivity index (χ1v) is 7.85. The number of thiocarbonyl (C=S) groups is 1. The molecule has 3 rings (SSSR count). The van der Waals surface area contributed by atoms with Gasteiger partial charge < -0.3 is 0 Å². The van der Waals surface area contributed by atoms with E-state index in [1.54, 1.807) is 42.5 Å². The largest absolute Gasteiger partial charge is 0.270 e. The first kappa shape index (κ1) is 15.4. The van der Waals surface area contributed by atoms with Crippen LogP contribution in [0.2, 0.25) is 0 Å². The fourth-order valence-electron chi connectivity index (χ4n) is 2.15. The molecule has 23 heavy (non-hydrogen) atoms. The molecule has 112 valence electrons. The molecule has 0 unspecified atom stereocenters. The molecule has 2 aromatic rings. The second kappa shape index (κ2) is 6.32. The summed E-state index contributed by atoms with van der Waals surface area (Å²) < 4.78 is 13.3. The number of rotatable bonds is 2. The van der Waals surface area contributed by atoms with Gasteiger partial charge in [0.15, 0.2) is 4.32 Å². The van der Waals surface area contributed by atoms with Crippen LogP contribution in [0.3, 0.4) is 0 Å². The van der Waals surface area contributed by atoms with E-state index < -0.39 is 0 Å². The smallest absolute Gasteiger partial charge is 0.268 e. The monoisotopic (exact) mass is 340 g/mol. The molecule has 0 aliphatic carbocycles. The van der Waals surface area contributed by atoms with Crippen LogP contribution in [0, 0.1) is 17.1 Å². The lowest BCUT2D eigenvalue weighted by Crippen LogP contribution is -2.28. The van der Waals surface area contributed by atoms with Gasteiger partial charge in [0.1, 0.15) is 11.9 Å². The van der Waals surface area contributed by atoms with Gasteiger partial charge in [-0.05, 0) is 35.9 Å². The van der Waals surface area contributed by atoms with Crippen molar-refractivity contribution in [2.24, 2.45) is 0 Å². The maximum Gasteiger partial charge on any atom is 0.270 e. The number of anilines is 1. The van der Waals surface area contributed by atoms with Crippen LogP contribution in [0.4, 0.5) is 10.1 Å². The van der Waals surface area contributed by atoms with Gasteiger partial charge in [0.2, 0.25) is 0 Å². The number of halogens is 1. The zero-order chi connectivity index (χ0) is 16.4. The van der Waals surface area contributed by atoms with Gasteiger partial charge in [-0.2, -0.15) is 5.26 Å². The predicted octanol–water partition coefficient (Wildman–Crippen LogP) is 4.10. The highest BCUT2D eigenvalue weighted by Crippen LogP contribution is 2.37. The maximum absolute atomic E-state index is 13.0. The van der Waals surface area contributed by atoms with Crippen molar-refractivity contribution in [2.75, 3.05) is 4.90 Å². The van der Waals surface area contributed by atoms with E-state index in [1.807, 2.05) is 0 Å². The third kappa shape index (κ3) is 3.02. The highest BCUT2D eigenvalue weighted by molar-refractivity contribution is 8.27. The number of carbonyl (C=O) groups excluding carboxylic acids is 1. The molecule has 0 aromatic heterocycles. The molecule has 0 N–H and O–H groups in total. The topological polar surface area (TPSA) is 44.1 Å². The number of hydrogen-bond acceptors (Lipinski definition) is 4. The minimum absolute atomic E-state index is 0.285. The van der Waals surface area contributed by atoms with Gasteiger partial charge in [-0.25, -0.2) is 4.39 Å². The minimum atomic E-state index is -0.336. The Morgan fingerprint density at radius 2 is 1.87 bits per heavy atom. The van der Waals surface area contributed by atoms with Gasteiger partial charge in [-0.15, -0.1) is 0 Å². The molecule has 0 bridgehead atoms. The van der Waals surface area contributed by atoms with Gasteiger partial charge >= 0.3 is 0 Å². The summed E-state index contributed by atoms with van der Waals surface area (Å²) in [6.07, 6.45) is 1.66. The fraction of sp³-hybridized carbons (Fsp3) is 0. The molecular formula is C17H9FN2OS2. The molecule has 1 fully saturated rings. The molecule has 0 radical (unpaired) electrons. The normalized spacial score (nSPS) is 16.0. The van der Waals surface area contributed by atoms with Crippen LogP contribution >= 0.6 is 24.0 Å². The van der Waals surface area contributed by atoms with E-state index in [9.17, 15) is 14.4 Å². The Kier molecular flexibility index (Phi) is 4.24. The Morgan fingerprint density at radius 1 is 1.17 bits per heavy atom. The summed E-state index contributed by atoms with van der Waals surface area (Å²) in [4.78, 5) is 14.4. The molecule has 3 nitrogen and oxygen atoms in total. The average Bonchev–Trinajstić information content (AvgIpc) is 2.83. The average molecular weight is 340 g/mol. The standard InChI is InChI=1S/C17H9FN2OS2/c18-13-7-5-11(6-8-13)9-15-16(21)20(17(22)23-15)14-4-2-1-3-12(14)10-19/h1-9H/b15-9-. The van der Waals surface area contributed by atoms with Crippen molar-refractivity contribution < 1.29 is 9.18 Å².